The number of amides is 1. The first kappa shape index (κ1) is 18.0. The fourth-order valence-corrected chi connectivity index (χ4v) is 2.81. The lowest BCUT2D eigenvalue weighted by Crippen LogP contribution is -2.36. The van der Waals surface area contributed by atoms with Crippen molar-refractivity contribution < 1.29 is 18.0 Å². The molecule has 1 unspecified atom stereocenters. The summed E-state index contributed by atoms with van der Waals surface area (Å²) in [6, 6.07) is 11.8. The van der Waals surface area contributed by atoms with Crippen LogP contribution in [0.25, 0.3) is 6.08 Å². The highest BCUT2D eigenvalue weighted by molar-refractivity contribution is 5.92. The number of nitrogens with one attached hydrogen (secondary N) is 1. The van der Waals surface area contributed by atoms with Gasteiger partial charge in [0.25, 0.3) is 0 Å². The monoisotopic (exact) mass is 361 g/mol. The lowest BCUT2D eigenvalue weighted by Gasteiger charge is -2.18. The third-order valence-electron chi connectivity index (χ3n) is 4.16. The summed E-state index contributed by atoms with van der Waals surface area (Å²) in [6.45, 7) is 1.15. The molecule has 4 nitrogen and oxygen atoms in total. The van der Waals surface area contributed by atoms with E-state index in [2.05, 4.69) is 10.3 Å². The molecule has 1 saturated heterocycles. The van der Waals surface area contributed by atoms with E-state index in [1.807, 2.05) is 35.2 Å². The molecule has 1 amide bonds. The highest BCUT2D eigenvalue weighted by atomic mass is 19.4. The maximum Gasteiger partial charge on any atom is 0.417 e. The van der Waals surface area contributed by atoms with Gasteiger partial charge in [-0.15, -0.1) is 0 Å². The van der Waals surface area contributed by atoms with Crippen molar-refractivity contribution in [3.8, 4) is 0 Å². The number of pyridine rings is 1. The minimum absolute atomic E-state index is 0.0629. The number of hydrogen-bond acceptors (Lipinski definition) is 3. The molecule has 0 spiro atoms. The van der Waals surface area contributed by atoms with E-state index in [0.717, 1.165) is 17.8 Å². The van der Waals surface area contributed by atoms with Gasteiger partial charge in [0.05, 0.1) is 5.56 Å². The van der Waals surface area contributed by atoms with Crippen molar-refractivity contribution in [2.45, 2.75) is 18.6 Å². The molecule has 3 rings (SSSR count). The largest absolute Gasteiger partial charge is 0.417 e. The van der Waals surface area contributed by atoms with Crippen molar-refractivity contribution in [1.82, 2.24) is 10.3 Å². The third kappa shape index (κ3) is 4.62. The molecule has 1 aliphatic rings. The van der Waals surface area contributed by atoms with E-state index >= 15 is 0 Å². The van der Waals surface area contributed by atoms with Gasteiger partial charge < -0.3 is 10.2 Å². The van der Waals surface area contributed by atoms with E-state index < -0.39 is 11.7 Å². The minimum atomic E-state index is -4.39. The molecule has 1 aromatic carbocycles. The van der Waals surface area contributed by atoms with Crippen LogP contribution in [0.4, 0.5) is 19.0 Å². The summed E-state index contributed by atoms with van der Waals surface area (Å²) in [5, 5.41) is 2.91. The van der Waals surface area contributed by atoms with Crippen LogP contribution in [0.2, 0.25) is 0 Å². The second-order valence-electron chi connectivity index (χ2n) is 6.09. The highest BCUT2D eigenvalue weighted by Gasteiger charge is 2.31. The first-order valence-electron chi connectivity index (χ1n) is 8.23. The van der Waals surface area contributed by atoms with Gasteiger partial charge in [-0.2, -0.15) is 13.2 Å². The molecular formula is C19H18F3N3O. The molecule has 1 aromatic heterocycles. The highest BCUT2D eigenvalue weighted by Crippen LogP contribution is 2.29. The number of nitrogens with zero attached hydrogens (tertiary/aromatic N) is 2. The number of carbonyl (C=O) groups excluding carboxylic acids is 1. The van der Waals surface area contributed by atoms with Crippen LogP contribution in [0.5, 0.6) is 0 Å². The van der Waals surface area contributed by atoms with Gasteiger partial charge >= 0.3 is 6.18 Å². The standard InChI is InChI=1S/C19H18F3N3O/c20-19(21,22)15-7-8-17(23-12-15)25-11-10-16(13-25)24-18(26)9-6-14-4-2-1-3-5-14/h1-9,12,16H,10-11,13H2,(H,24,26)/b9-6+. The van der Waals surface area contributed by atoms with Crippen LogP contribution in [0.1, 0.15) is 17.5 Å². The van der Waals surface area contributed by atoms with Gasteiger partial charge in [-0.1, -0.05) is 30.3 Å². The smallest absolute Gasteiger partial charge is 0.354 e. The van der Waals surface area contributed by atoms with E-state index in [0.29, 0.717) is 25.3 Å². The summed E-state index contributed by atoms with van der Waals surface area (Å²) >= 11 is 0. The predicted molar refractivity (Wildman–Crippen MR) is 93.5 cm³/mol. The predicted octanol–water partition coefficient (Wildman–Crippen LogP) is 3.51. The topological polar surface area (TPSA) is 45.2 Å². The minimum Gasteiger partial charge on any atom is -0.354 e. The Morgan fingerprint density at radius 3 is 2.62 bits per heavy atom. The van der Waals surface area contributed by atoms with Crippen molar-refractivity contribution in [2.24, 2.45) is 0 Å². The summed E-state index contributed by atoms with van der Waals surface area (Å²) in [6.07, 6.45) is 0.378. The SMILES string of the molecule is O=C(/C=C/c1ccccc1)NC1CCN(c2ccc(C(F)(F)F)cn2)C1. The zero-order valence-electron chi connectivity index (χ0n) is 13.9. The Morgan fingerprint density at radius 1 is 1.19 bits per heavy atom. The van der Waals surface area contributed by atoms with Crippen LogP contribution in [0.3, 0.4) is 0 Å². The summed E-state index contributed by atoms with van der Waals surface area (Å²) in [5.74, 6) is 0.288. The molecule has 1 N–H and O–H groups in total. The van der Waals surface area contributed by atoms with Gasteiger partial charge in [0.1, 0.15) is 5.82 Å². The van der Waals surface area contributed by atoms with Crippen molar-refractivity contribution in [1.29, 1.82) is 0 Å². The van der Waals surface area contributed by atoms with Gasteiger partial charge in [0.2, 0.25) is 5.91 Å². The number of rotatable bonds is 4. The number of hydrogen-bond donors (Lipinski definition) is 1. The van der Waals surface area contributed by atoms with Crippen molar-refractivity contribution in [3.63, 3.8) is 0 Å². The summed E-state index contributed by atoms with van der Waals surface area (Å²) in [4.78, 5) is 17.8. The van der Waals surface area contributed by atoms with Crippen molar-refractivity contribution >= 4 is 17.8 Å². The van der Waals surface area contributed by atoms with E-state index in [1.54, 1.807) is 6.08 Å². The fourth-order valence-electron chi connectivity index (χ4n) is 2.81. The van der Waals surface area contributed by atoms with Crippen LogP contribution in [-0.2, 0) is 11.0 Å². The van der Waals surface area contributed by atoms with Crippen molar-refractivity contribution in [2.75, 3.05) is 18.0 Å². The van der Waals surface area contributed by atoms with Crippen LogP contribution in [-0.4, -0.2) is 30.0 Å². The second-order valence-corrected chi connectivity index (χ2v) is 6.09. The van der Waals surface area contributed by atoms with Gasteiger partial charge in [0, 0.05) is 31.4 Å². The second kappa shape index (κ2) is 7.59. The maximum absolute atomic E-state index is 12.6. The first-order chi connectivity index (χ1) is 12.4. The van der Waals surface area contributed by atoms with E-state index in [-0.39, 0.29) is 11.9 Å². The number of halogens is 3. The molecule has 136 valence electrons. The fraction of sp³-hybridized carbons (Fsp3) is 0.263. The van der Waals surface area contributed by atoms with Crippen LogP contribution < -0.4 is 10.2 Å². The Kier molecular flexibility index (Phi) is 5.25. The number of benzene rings is 1. The zero-order chi connectivity index (χ0) is 18.6. The molecular weight excluding hydrogens is 343 g/mol. The summed E-state index contributed by atoms with van der Waals surface area (Å²) in [7, 11) is 0. The van der Waals surface area contributed by atoms with Crippen LogP contribution in [0.15, 0.2) is 54.7 Å². The lowest BCUT2D eigenvalue weighted by atomic mass is 10.2. The molecule has 2 heterocycles. The number of carbonyl (C=O) groups is 1. The normalized spacial score (nSPS) is 17.7. The number of aromatic nitrogens is 1. The molecule has 1 aliphatic heterocycles. The van der Waals surface area contributed by atoms with Crippen molar-refractivity contribution in [3.05, 3.63) is 65.9 Å². The molecule has 0 aliphatic carbocycles. The number of anilines is 1. The molecule has 2 aromatic rings. The Bertz CT molecular complexity index is 773. The summed E-state index contributed by atoms with van der Waals surface area (Å²) < 4.78 is 37.8. The van der Waals surface area contributed by atoms with Gasteiger partial charge in [-0.25, -0.2) is 4.98 Å². The average molecular weight is 361 g/mol. The first-order valence-corrected chi connectivity index (χ1v) is 8.23. The Balaban J connectivity index is 1.53. The molecule has 1 fully saturated rings. The van der Waals surface area contributed by atoms with Crippen LogP contribution >= 0.6 is 0 Å². The molecule has 0 radical (unpaired) electrons. The van der Waals surface area contributed by atoms with Crippen LogP contribution in [0, 0.1) is 0 Å². The van der Waals surface area contributed by atoms with E-state index in [9.17, 15) is 18.0 Å². The summed E-state index contributed by atoms with van der Waals surface area (Å²) in [5.41, 5.74) is 0.168. The lowest BCUT2D eigenvalue weighted by molar-refractivity contribution is -0.137. The molecule has 26 heavy (non-hydrogen) atoms. The van der Waals surface area contributed by atoms with Gasteiger partial charge in [-0.05, 0) is 30.2 Å². The Hall–Kier alpha value is -2.83. The van der Waals surface area contributed by atoms with E-state index in [4.69, 9.17) is 0 Å². The molecule has 0 saturated carbocycles. The van der Waals surface area contributed by atoms with E-state index in [1.165, 1.54) is 12.1 Å². The van der Waals surface area contributed by atoms with Gasteiger partial charge in [0.15, 0.2) is 0 Å². The molecule has 7 heteroatoms. The third-order valence-corrected chi connectivity index (χ3v) is 4.16. The Labute approximate surface area is 149 Å². The number of alkyl halides is 3. The average Bonchev–Trinajstić information content (AvgIpc) is 3.09. The maximum atomic E-state index is 12.6. The Morgan fingerprint density at radius 2 is 1.96 bits per heavy atom. The molecule has 1 atom stereocenters. The zero-order valence-corrected chi connectivity index (χ0v) is 13.9. The van der Waals surface area contributed by atoms with Gasteiger partial charge in [-0.3, -0.25) is 4.79 Å². The molecule has 0 bridgehead atoms. The quantitative estimate of drug-likeness (QED) is 0.848.